The Labute approximate surface area is 113 Å². The van der Waals surface area contributed by atoms with E-state index in [2.05, 4.69) is 24.0 Å². The molecule has 96 valence electrons. The molecule has 0 spiro atoms. The van der Waals surface area contributed by atoms with Crippen molar-refractivity contribution in [2.45, 2.75) is 19.3 Å². The summed E-state index contributed by atoms with van der Waals surface area (Å²) < 4.78 is 5.26. The number of ether oxygens (including phenoxy) is 1. The van der Waals surface area contributed by atoms with Crippen molar-refractivity contribution in [3.05, 3.63) is 48.0 Å². The smallest absolute Gasteiger partial charge is 0.313 e. The van der Waals surface area contributed by atoms with E-state index in [1.165, 1.54) is 0 Å². The summed E-state index contributed by atoms with van der Waals surface area (Å²) in [5, 5.41) is 0. The molecule has 1 aromatic rings. The first kappa shape index (κ1) is 12.0. The summed E-state index contributed by atoms with van der Waals surface area (Å²) in [7, 11) is 0. The van der Waals surface area contributed by atoms with Gasteiger partial charge in [0.2, 0.25) is 0 Å². The average molecular weight is 252 g/mol. The Balaban J connectivity index is 1.80. The van der Waals surface area contributed by atoms with E-state index in [9.17, 15) is 4.79 Å². The number of hydrogen-bond acceptors (Lipinski definition) is 2. The maximum atomic E-state index is 12.0. The van der Waals surface area contributed by atoms with Crippen LogP contribution in [0.3, 0.4) is 0 Å². The molecule has 0 radical (unpaired) electrons. The van der Waals surface area contributed by atoms with Crippen LogP contribution in [0.15, 0.2) is 42.5 Å². The van der Waals surface area contributed by atoms with Crippen LogP contribution < -0.4 is 0 Å². The molecule has 2 aliphatic rings. The van der Waals surface area contributed by atoms with E-state index in [1.807, 2.05) is 30.3 Å². The number of hydrogen-bond donors (Lipinski definition) is 0. The zero-order valence-electron chi connectivity index (χ0n) is 10.8. The van der Waals surface area contributed by atoms with E-state index in [4.69, 9.17) is 4.74 Å². The molecule has 0 unspecified atom stereocenters. The highest BCUT2D eigenvalue weighted by Crippen LogP contribution is 2.46. The third-order valence-corrected chi connectivity index (χ3v) is 4.08. The van der Waals surface area contributed by atoms with E-state index >= 15 is 0 Å². The van der Waals surface area contributed by atoms with Gasteiger partial charge in [0.05, 0.1) is 12.0 Å². The summed E-state index contributed by atoms with van der Waals surface area (Å²) in [5.74, 6) is 6.55. The minimum Gasteiger partial charge on any atom is -0.465 e. The van der Waals surface area contributed by atoms with Crippen LogP contribution in [-0.2, 0) is 9.53 Å². The fourth-order valence-electron chi connectivity index (χ4n) is 2.86. The van der Waals surface area contributed by atoms with Gasteiger partial charge in [-0.15, -0.1) is 0 Å². The molecular formula is C17H16O2. The van der Waals surface area contributed by atoms with Crippen LogP contribution in [0.1, 0.15) is 24.8 Å². The first-order chi connectivity index (χ1) is 9.31. The van der Waals surface area contributed by atoms with Gasteiger partial charge in [-0.1, -0.05) is 42.2 Å². The van der Waals surface area contributed by atoms with E-state index in [0.29, 0.717) is 18.9 Å². The van der Waals surface area contributed by atoms with Gasteiger partial charge in [0.25, 0.3) is 0 Å². The van der Waals surface area contributed by atoms with E-state index < -0.39 is 5.41 Å². The average Bonchev–Trinajstić information content (AvgIpc) is 2.78. The quantitative estimate of drug-likeness (QED) is 0.436. The number of benzene rings is 1. The number of fused-ring (bicyclic) bond motifs is 1. The molecule has 1 fully saturated rings. The molecular weight excluding hydrogens is 236 g/mol. The number of rotatable bonds is 1. The van der Waals surface area contributed by atoms with Crippen LogP contribution in [0, 0.1) is 23.2 Å². The lowest BCUT2D eigenvalue weighted by Gasteiger charge is -2.30. The fourth-order valence-corrected chi connectivity index (χ4v) is 2.86. The Kier molecular flexibility index (Phi) is 3.13. The van der Waals surface area contributed by atoms with Gasteiger partial charge in [-0.25, -0.2) is 0 Å². The van der Waals surface area contributed by atoms with Gasteiger partial charge in [0.15, 0.2) is 0 Å². The molecule has 1 heterocycles. The van der Waals surface area contributed by atoms with E-state index in [-0.39, 0.29) is 5.97 Å². The second-order valence-corrected chi connectivity index (χ2v) is 5.21. The van der Waals surface area contributed by atoms with Gasteiger partial charge in [-0.05, 0) is 25.0 Å². The van der Waals surface area contributed by atoms with Gasteiger partial charge < -0.3 is 4.74 Å². The minimum absolute atomic E-state index is 0.0655. The second kappa shape index (κ2) is 4.93. The molecule has 0 amide bonds. The van der Waals surface area contributed by atoms with Gasteiger partial charge in [-0.2, -0.15) is 0 Å². The summed E-state index contributed by atoms with van der Waals surface area (Å²) in [5.41, 5.74) is 0.601. The highest BCUT2D eigenvalue weighted by molar-refractivity contribution is 5.80. The van der Waals surface area contributed by atoms with Gasteiger partial charge in [-0.3, -0.25) is 4.79 Å². The van der Waals surface area contributed by atoms with Gasteiger partial charge in [0, 0.05) is 17.9 Å². The lowest BCUT2D eigenvalue weighted by Crippen LogP contribution is -2.34. The standard InChI is InChI=1S/C17H16O2/c18-16-17(11-5-4-10-15(17)13-19-16)12-6-9-14-7-2-1-3-8-14/h1-5,7-8,15H,10-13H2/t15-,17+/m0/s1. The summed E-state index contributed by atoms with van der Waals surface area (Å²) in [6, 6.07) is 9.88. The maximum Gasteiger partial charge on any atom is 0.313 e. The van der Waals surface area contributed by atoms with Crippen molar-refractivity contribution in [1.29, 1.82) is 0 Å². The molecule has 0 N–H and O–H groups in total. The third-order valence-electron chi connectivity index (χ3n) is 4.08. The molecule has 2 heteroatoms. The molecule has 1 saturated heterocycles. The van der Waals surface area contributed by atoms with Crippen molar-refractivity contribution in [3.8, 4) is 11.8 Å². The summed E-state index contributed by atoms with van der Waals surface area (Å²) >= 11 is 0. The summed E-state index contributed by atoms with van der Waals surface area (Å²) in [4.78, 5) is 12.0. The van der Waals surface area contributed by atoms with Gasteiger partial charge in [0.1, 0.15) is 0 Å². The van der Waals surface area contributed by atoms with Crippen molar-refractivity contribution in [3.63, 3.8) is 0 Å². The number of allylic oxidation sites excluding steroid dienone is 2. The molecule has 0 aromatic heterocycles. The molecule has 2 nitrogen and oxygen atoms in total. The van der Waals surface area contributed by atoms with Crippen LogP contribution in [0.2, 0.25) is 0 Å². The number of cyclic esters (lactones) is 1. The van der Waals surface area contributed by atoms with Crippen LogP contribution in [0.5, 0.6) is 0 Å². The van der Waals surface area contributed by atoms with Crippen LogP contribution >= 0.6 is 0 Å². The Bertz CT molecular complexity index is 562. The van der Waals surface area contributed by atoms with Gasteiger partial charge >= 0.3 is 5.97 Å². The highest BCUT2D eigenvalue weighted by Gasteiger charge is 2.51. The predicted octanol–water partition coefficient (Wildman–Crippen LogP) is 2.94. The Morgan fingerprint density at radius 2 is 2.11 bits per heavy atom. The number of carbonyl (C=O) groups is 1. The third kappa shape index (κ3) is 2.17. The second-order valence-electron chi connectivity index (χ2n) is 5.21. The normalized spacial score (nSPS) is 28.2. The van der Waals surface area contributed by atoms with Crippen molar-refractivity contribution < 1.29 is 9.53 Å². The van der Waals surface area contributed by atoms with Crippen LogP contribution in [0.25, 0.3) is 0 Å². The van der Waals surface area contributed by atoms with Crippen molar-refractivity contribution in [2.75, 3.05) is 6.61 Å². The predicted molar refractivity (Wildman–Crippen MR) is 73.2 cm³/mol. The minimum atomic E-state index is -0.392. The first-order valence-electron chi connectivity index (χ1n) is 6.67. The first-order valence-corrected chi connectivity index (χ1v) is 6.67. The molecule has 0 saturated carbocycles. The number of esters is 1. The van der Waals surface area contributed by atoms with Crippen molar-refractivity contribution >= 4 is 5.97 Å². The molecule has 3 rings (SSSR count). The molecule has 2 atom stereocenters. The fraction of sp³-hybridized carbons (Fsp3) is 0.353. The van der Waals surface area contributed by atoms with E-state index in [0.717, 1.165) is 18.4 Å². The van der Waals surface area contributed by atoms with Crippen LogP contribution in [-0.4, -0.2) is 12.6 Å². The molecule has 0 bridgehead atoms. The highest BCUT2D eigenvalue weighted by atomic mass is 16.5. The lowest BCUT2D eigenvalue weighted by molar-refractivity contribution is -0.146. The maximum absolute atomic E-state index is 12.0. The molecule has 1 aliphatic carbocycles. The topological polar surface area (TPSA) is 26.3 Å². The SMILES string of the molecule is O=C1OC[C@@H]2CC=CC[C@]12CC#Cc1ccccc1. The summed E-state index contributed by atoms with van der Waals surface area (Å²) in [6.07, 6.45) is 6.53. The Hall–Kier alpha value is -2.01. The molecule has 1 aromatic carbocycles. The monoisotopic (exact) mass is 252 g/mol. The zero-order valence-corrected chi connectivity index (χ0v) is 10.8. The Morgan fingerprint density at radius 1 is 1.26 bits per heavy atom. The summed E-state index contributed by atoms with van der Waals surface area (Å²) in [6.45, 7) is 0.552. The lowest BCUT2D eigenvalue weighted by atomic mass is 9.68. The van der Waals surface area contributed by atoms with E-state index in [1.54, 1.807) is 0 Å². The molecule has 19 heavy (non-hydrogen) atoms. The largest absolute Gasteiger partial charge is 0.465 e. The van der Waals surface area contributed by atoms with Crippen LogP contribution in [0.4, 0.5) is 0 Å². The van der Waals surface area contributed by atoms with Crippen molar-refractivity contribution in [2.24, 2.45) is 11.3 Å². The van der Waals surface area contributed by atoms with Crippen molar-refractivity contribution in [1.82, 2.24) is 0 Å². The Morgan fingerprint density at radius 3 is 2.95 bits per heavy atom. The zero-order chi connectivity index (χ0) is 13.1. The molecule has 1 aliphatic heterocycles. The number of carbonyl (C=O) groups excluding carboxylic acids is 1.